The van der Waals surface area contributed by atoms with E-state index in [2.05, 4.69) is 19.9 Å². The molecular formula is C11H22O2Si. The van der Waals surface area contributed by atoms with Gasteiger partial charge in [-0.25, -0.2) is 0 Å². The molecule has 1 unspecified atom stereocenters. The molecule has 1 aliphatic carbocycles. The zero-order valence-corrected chi connectivity index (χ0v) is 10.7. The first-order valence-corrected chi connectivity index (χ1v) is 7.20. The minimum absolute atomic E-state index is 0.535. The molecule has 0 amide bonds. The van der Waals surface area contributed by atoms with Crippen LogP contribution in [0.3, 0.4) is 0 Å². The molecule has 0 spiro atoms. The summed E-state index contributed by atoms with van der Waals surface area (Å²) in [6.45, 7) is 4.31. The molecule has 0 aliphatic heterocycles. The van der Waals surface area contributed by atoms with Crippen molar-refractivity contribution in [2.45, 2.75) is 45.1 Å². The lowest BCUT2D eigenvalue weighted by Crippen LogP contribution is -2.22. The molecule has 1 rings (SSSR count). The van der Waals surface area contributed by atoms with Gasteiger partial charge in [-0.15, -0.1) is 0 Å². The van der Waals surface area contributed by atoms with Crippen LogP contribution < -0.4 is 0 Å². The van der Waals surface area contributed by atoms with Crippen LogP contribution in [0.25, 0.3) is 0 Å². The summed E-state index contributed by atoms with van der Waals surface area (Å²) in [5.41, 5.74) is 0.535. The van der Waals surface area contributed by atoms with Gasteiger partial charge in [0.25, 0.3) is 0 Å². The van der Waals surface area contributed by atoms with Gasteiger partial charge in [-0.05, 0) is 24.8 Å². The van der Waals surface area contributed by atoms with E-state index in [0.29, 0.717) is 5.54 Å². The second-order valence-electron chi connectivity index (χ2n) is 4.36. The zero-order valence-electron chi connectivity index (χ0n) is 9.53. The van der Waals surface area contributed by atoms with Gasteiger partial charge in [0, 0.05) is 12.7 Å². The van der Waals surface area contributed by atoms with Gasteiger partial charge in [0.1, 0.15) is 0 Å². The molecule has 0 aromatic heterocycles. The SMILES string of the molecule is CO[SiH](OC=CC1CCCC1)C(C)C. The highest BCUT2D eigenvalue weighted by atomic mass is 28.3. The predicted octanol–water partition coefficient (Wildman–Crippen LogP) is 2.98. The molecule has 82 valence electrons. The Morgan fingerprint density at radius 1 is 1.29 bits per heavy atom. The average Bonchev–Trinajstić information content (AvgIpc) is 2.64. The molecular weight excluding hydrogens is 192 g/mol. The van der Waals surface area contributed by atoms with Gasteiger partial charge in [0.2, 0.25) is 0 Å². The van der Waals surface area contributed by atoms with Crippen molar-refractivity contribution in [2.24, 2.45) is 5.92 Å². The lowest BCUT2D eigenvalue weighted by molar-refractivity contribution is 0.295. The fourth-order valence-electron chi connectivity index (χ4n) is 1.87. The van der Waals surface area contributed by atoms with Crippen LogP contribution in [0.15, 0.2) is 12.3 Å². The Labute approximate surface area is 89.1 Å². The van der Waals surface area contributed by atoms with Crippen LogP contribution in [-0.4, -0.2) is 16.4 Å². The largest absolute Gasteiger partial charge is 0.529 e. The van der Waals surface area contributed by atoms with Crippen LogP contribution in [0, 0.1) is 5.92 Å². The maximum Gasteiger partial charge on any atom is 0.384 e. The Hall–Kier alpha value is -0.283. The standard InChI is InChI=1S/C11H22O2Si/c1-10(2)14(12-3)13-9-8-11-6-4-5-7-11/h8-11,14H,4-7H2,1-3H3. The smallest absolute Gasteiger partial charge is 0.384 e. The van der Waals surface area contributed by atoms with E-state index in [9.17, 15) is 0 Å². The van der Waals surface area contributed by atoms with Crippen molar-refractivity contribution in [3.05, 3.63) is 12.3 Å². The lowest BCUT2D eigenvalue weighted by atomic mass is 10.1. The molecule has 0 heterocycles. The van der Waals surface area contributed by atoms with Crippen molar-refractivity contribution in [1.29, 1.82) is 0 Å². The summed E-state index contributed by atoms with van der Waals surface area (Å²) in [6, 6.07) is 0. The Bertz CT molecular complexity index is 174. The molecule has 1 atom stereocenters. The van der Waals surface area contributed by atoms with Crippen molar-refractivity contribution in [3.8, 4) is 0 Å². The molecule has 14 heavy (non-hydrogen) atoms. The third-order valence-corrected chi connectivity index (χ3v) is 4.72. The van der Waals surface area contributed by atoms with Crippen LogP contribution in [-0.2, 0) is 8.85 Å². The van der Waals surface area contributed by atoms with E-state index in [-0.39, 0.29) is 0 Å². The summed E-state index contributed by atoms with van der Waals surface area (Å²) < 4.78 is 11.0. The molecule has 1 fully saturated rings. The predicted molar refractivity (Wildman–Crippen MR) is 61.4 cm³/mol. The molecule has 1 aliphatic rings. The van der Waals surface area contributed by atoms with Gasteiger partial charge < -0.3 is 8.85 Å². The fourth-order valence-corrected chi connectivity index (χ4v) is 3.08. The van der Waals surface area contributed by atoms with Crippen LogP contribution >= 0.6 is 0 Å². The highest BCUT2D eigenvalue weighted by Gasteiger charge is 2.17. The monoisotopic (exact) mass is 214 g/mol. The normalized spacial score (nSPS) is 20.9. The third-order valence-electron chi connectivity index (χ3n) is 2.74. The van der Waals surface area contributed by atoms with Crippen molar-refractivity contribution < 1.29 is 8.85 Å². The van der Waals surface area contributed by atoms with Gasteiger partial charge in [0.05, 0.1) is 6.26 Å². The van der Waals surface area contributed by atoms with Crippen LogP contribution in [0.5, 0.6) is 0 Å². The van der Waals surface area contributed by atoms with Gasteiger partial charge in [-0.3, -0.25) is 0 Å². The van der Waals surface area contributed by atoms with E-state index in [4.69, 9.17) is 8.85 Å². The Morgan fingerprint density at radius 2 is 1.93 bits per heavy atom. The Kier molecular flexibility index (Phi) is 5.26. The van der Waals surface area contributed by atoms with E-state index >= 15 is 0 Å². The van der Waals surface area contributed by atoms with Crippen LogP contribution in [0.1, 0.15) is 39.5 Å². The average molecular weight is 214 g/mol. The minimum Gasteiger partial charge on any atom is -0.529 e. The van der Waals surface area contributed by atoms with E-state index in [1.165, 1.54) is 25.7 Å². The van der Waals surface area contributed by atoms with E-state index in [1.54, 1.807) is 7.11 Å². The minimum atomic E-state index is -1.43. The molecule has 0 bridgehead atoms. The first kappa shape index (κ1) is 11.8. The molecule has 0 saturated heterocycles. The topological polar surface area (TPSA) is 18.5 Å². The Balaban J connectivity index is 2.22. The maximum atomic E-state index is 5.65. The van der Waals surface area contributed by atoms with E-state index in [0.717, 1.165) is 5.92 Å². The third kappa shape index (κ3) is 3.84. The van der Waals surface area contributed by atoms with Crippen molar-refractivity contribution >= 4 is 9.28 Å². The molecule has 0 aromatic carbocycles. The van der Waals surface area contributed by atoms with Gasteiger partial charge in [-0.2, -0.15) is 0 Å². The summed E-state index contributed by atoms with van der Waals surface area (Å²) in [6.07, 6.45) is 9.53. The van der Waals surface area contributed by atoms with Crippen LogP contribution in [0.4, 0.5) is 0 Å². The number of rotatable bonds is 5. The molecule has 1 saturated carbocycles. The first-order valence-electron chi connectivity index (χ1n) is 5.59. The zero-order chi connectivity index (χ0) is 10.4. The van der Waals surface area contributed by atoms with Gasteiger partial charge in [0.15, 0.2) is 0 Å². The molecule has 0 N–H and O–H groups in total. The van der Waals surface area contributed by atoms with Crippen molar-refractivity contribution in [2.75, 3.05) is 7.11 Å². The second-order valence-corrected chi connectivity index (χ2v) is 7.17. The highest BCUT2D eigenvalue weighted by Crippen LogP contribution is 2.25. The quantitative estimate of drug-likeness (QED) is 0.517. The van der Waals surface area contributed by atoms with E-state index < -0.39 is 9.28 Å². The number of hydrogen-bond donors (Lipinski definition) is 0. The summed E-state index contributed by atoms with van der Waals surface area (Å²) in [4.78, 5) is 0. The second kappa shape index (κ2) is 6.25. The molecule has 0 radical (unpaired) electrons. The van der Waals surface area contributed by atoms with E-state index in [1.807, 2.05) is 6.26 Å². The summed E-state index contributed by atoms with van der Waals surface area (Å²) in [5, 5.41) is 0. The summed E-state index contributed by atoms with van der Waals surface area (Å²) in [5.74, 6) is 0.758. The number of hydrogen-bond acceptors (Lipinski definition) is 2. The summed E-state index contributed by atoms with van der Waals surface area (Å²) >= 11 is 0. The maximum absolute atomic E-state index is 5.65. The highest BCUT2D eigenvalue weighted by molar-refractivity contribution is 6.46. The van der Waals surface area contributed by atoms with Crippen LogP contribution in [0.2, 0.25) is 5.54 Å². The Morgan fingerprint density at radius 3 is 2.43 bits per heavy atom. The number of allylic oxidation sites excluding steroid dienone is 1. The van der Waals surface area contributed by atoms with Gasteiger partial charge in [-0.1, -0.05) is 26.7 Å². The van der Waals surface area contributed by atoms with Crippen molar-refractivity contribution in [1.82, 2.24) is 0 Å². The fraction of sp³-hybridized carbons (Fsp3) is 0.818. The van der Waals surface area contributed by atoms with Crippen molar-refractivity contribution in [3.63, 3.8) is 0 Å². The first-order chi connectivity index (χ1) is 6.74. The lowest BCUT2D eigenvalue weighted by Gasteiger charge is -2.15. The molecule has 0 aromatic rings. The molecule has 3 heteroatoms. The van der Waals surface area contributed by atoms with Gasteiger partial charge >= 0.3 is 9.28 Å². The summed E-state index contributed by atoms with van der Waals surface area (Å²) in [7, 11) is 0.317. The molecule has 2 nitrogen and oxygen atoms in total.